The van der Waals surface area contributed by atoms with Crippen molar-refractivity contribution < 1.29 is 17.9 Å². The molecular weight excluding hydrogens is 221 g/mol. The van der Waals surface area contributed by atoms with Gasteiger partial charge >= 0.3 is 6.18 Å². The molecule has 3 nitrogen and oxygen atoms in total. The van der Waals surface area contributed by atoms with Crippen LogP contribution in [0.5, 0.6) is 5.88 Å². The highest BCUT2D eigenvalue weighted by Crippen LogP contribution is 2.34. The Morgan fingerprint density at radius 1 is 1.50 bits per heavy atom. The van der Waals surface area contributed by atoms with Crippen molar-refractivity contribution in [1.82, 2.24) is 10.3 Å². The maximum absolute atomic E-state index is 12.5. The fourth-order valence-corrected chi connectivity index (χ4v) is 1.22. The summed E-state index contributed by atoms with van der Waals surface area (Å²) in [6.07, 6.45) is -3.54. The number of hydrogen-bond acceptors (Lipinski definition) is 3. The highest BCUT2D eigenvalue weighted by Gasteiger charge is 2.35. The average molecular weight is 234 g/mol. The third-order valence-electron chi connectivity index (χ3n) is 1.88. The number of alkyl halides is 3. The molecule has 0 amide bonds. The first-order valence-electron chi connectivity index (χ1n) is 4.78. The first-order chi connectivity index (χ1) is 7.45. The molecule has 0 spiro atoms. The smallest absolute Gasteiger partial charge is 0.421 e. The number of ether oxygens (including phenoxy) is 1. The summed E-state index contributed by atoms with van der Waals surface area (Å²) < 4.78 is 42.8. The zero-order valence-corrected chi connectivity index (χ0v) is 9.01. The number of nitrogens with one attached hydrogen (secondary N) is 1. The van der Waals surface area contributed by atoms with Crippen molar-refractivity contribution in [3.8, 4) is 5.88 Å². The molecule has 0 radical (unpaired) electrons. The Labute approximate surface area is 91.6 Å². The van der Waals surface area contributed by atoms with Gasteiger partial charge in [-0.1, -0.05) is 0 Å². The normalized spacial score (nSPS) is 13.6. The largest absolute Gasteiger partial charge is 0.473 e. The molecule has 1 rings (SSSR count). The number of likely N-dealkylation sites (N-methyl/N-ethyl adjacent to an activating group) is 1. The average Bonchev–Trinajstić information content (AvgIpc) is 2.17. The summed E-state index contributed by atoms with van der Waals surface area (Å²) in [5, 5.41) is 2.81. The number of halogens is 3. The van der Waals surface area contributed by atoms with Crippen molar-refractivity contribution in [3.05, 3.63) is 23.9 Å². The Morgan fingerprint density at radius 2 is 2.19 bits per heavy atom. The quantitative estimate of drug-likeness (QED) is 0.866. The molecule has 1 aromatic rings. The van der Waals surface area contributed by atoms with Crippen LogP contribution in [0.2, 0.25) is 0 Å². The summed E-state index contributed by atoms with van der Waals surface area (Å²) in [6.45, 7) is 2.12. The highest BCUT2D eigenvalue weighted by molar-refractivity contribution is 5.28. The Hall–Kier alpha value is -1.30. The molecule has 1 unspecified atom stereocenters. The van der Waals surface area contributed by atoms with Gasteiger partial charge in [-0.05, 0) is 26.1 Å². The van der Waals surface area contributed by atoms with E-state index in [1.807, 2.05) is 0 Å². The van der Waals surface area contributed by atoms with Gasteiger partial charge in [-0.25, -0.2) is 4.98 Å². The Kier molecular flexibility index (Phi) is 4.12. The maximum atomic E-state index is 12.5. The van der Waals surface area contributed by atoms with Crippen LogP contribution in [-0.2, 0) is 6.18 Å². The summed E-state index contributed by atoms with van der Waals surface area (Å²) in [6, 6.07) is 2.19. The van der Waals surface area contributed by atoms with Crippen LogP contribution in [0.1, 0.15) is 12.5 Å². The zero-order chi connectivity index (χ0) is 12.2. The van der Waals surface area contributed by atoms with E-state index in [0.717, 1.165) is 6.07 Å². The third-order valence-corrected chi connectivity index (χ3v) is 1.88. The van der Waals surface area contributed by atoms with E-state index < -0.39 is 11.7 Å². The topological polar surface area (TPSA) is 34.1 Å². The lowest BCUT2D eigenvalue weighted by molar-refractivity contribution is -0.139. The van der Waals surface area contributed by atoms with Crippen molar-refractivity contribution in [2.75, 3.05) is 13.6 Å². The van der Waals surface area contributed by atoms with Crippen LogP contribution in [0.25, 0.3) is 0 Å². The van der Waals surface area contributed by atoms with Crippen molar-refractivity contribution >= 4 is 0 Å². The fraction of sp³-hybridized carbons (Fsp3) is 0.500. The van der Waals surface area contributed by atoms with Crippen molar-refractivity contribution in [1.29, 1.82) is 0 Å². The standard InChI is InChI=1S/C10H13F3N2O/c1-7(6-14-2)16-9-8(10(11,12)13)4-3-5-15-9/h3-5,7,14H,6H2,1-2H3. The van der Waals surface area contributed by atoms with Gasteiger partial charge in [0, 0.05) is 12.7 Å². The van der Waals surface area contributed by atoms with Gasteiger partial charge < -0.3 is 10.1 Å². The second kappa shape index (κ2) is 5.16. The van der Waals surface area contributed by atoms with Crippen LogP contribution in [0.3, 0.4) is 0 Å². The molecule has 0 aliphatic heterocycles. The van der Waals surface area contributed by atoms with E-state index in [4.69, 9.17) is 4.74 Å². The molecule has 1 heterocycles. The molecule has 90 valence electrons. The first kappa shape index (κ1) is 12.8. The minimum absolute atomic E-state index is 0.374. The molecule has 0 aromatic carbocycles. The van der Waals surface area contributed by atoms with E-state index >= 15 is 0 Å². The number of aromatic nitrogens is 1. The van der Waals surface area contributed by atoms with Crippen molar-refractivity contribution in [2.45, 2.75) is 19.2 Å². The van der Waals surface area contributed by atoms with Gasteiger partial charge in [-0.3, -0.25) is 0 Å². The zero-order valence-electron chi connectivity index (χ0n) is 9.01. The molecule has 0 fully saturated rings. The van der Waals surface area contributed by atoms with Gasteiger partial charge in [-0.2, -0.15) is 13.2 Å². The SMILES string of the molecule is CNCC(C)Oc1ncccc1C(F)(F)F. The molecule has 1 N–H and O–H groups in total. The lowest BCUT2D eigenvalue weighted by Gasteiger charge is -2.16. The van der Waals surface area contributed by atoms with Crippen molar-refractivity contribution in [2.24, 2.45) is 0 Å². The van der Waals surface area contributed by atoms with Crippen LogP contribution in [0.15, 0.2) is 18.3 Å². The highest BCUT2D eigenvalue weighted by atomic mass is 19.4. The molecule has 0 aliphatic rings. The maximum Gasteiger partial charge on any atom is 0.421 e. The molecule has 1 aromatic heterocycles. The van der Waals surface area contributed by atoms with E-state index in [1.54, 1.807) is 14.0 Å². The molecule has 0 bridgehead atoms. The van der Waals surface area contributed by atoms with Crippen LogP contribution in [-0.4, -0.2) is 24.7 Å². The monoisotopic (exact) mass is 234 g/mol. The molecule has 6 heteroatoms. The molecule has 0 saturated carbocycles. The summed E-state index contributed by atoms with van der Waals surface area (Å²) in [4.78, 5) is 3.60. The fourth-order valence-electron chi connectivity index (χ4n) is 1.22. The van der Waals surface area contributed by atoms with Crippen LogP contribution in [0, 0.1) is 0 Å². The minimum atomic E-state index is -4.44. The van der Waals surface area contributed by atoms with E-state index in [1.165, 1.54) is 12.3 Å². The molecule has 0 aliphatic carbocycles. The first-order valence-corrected chi connectivity index (χ1v) is 4.78. The molecule has 1 atom stereocenters. The van der Waals surface area contributed by atoms with Crippen LogP contribution >= 0.6 is 0 Å². The number of nitrogens with zero attached hydrogens (tertiary/aromatic N) is 1. The Bertz CT molecular complexity index is 341. The number of hydrogen-bond donors (Lipinski definition) is 1. The van der Waals surface area contributed by atoms with E-state index in [0.29, 0.717) is 6.54 Å². The summed E-state index contributed by atoms with van der Waals surface area (Å²) in [5.74, 6) is -0.377. The molecule has 0 saturated heterocycles. The third kappa shape index (κ3) is 3.37. The Balaban J connectivity index is 2.87. The lowest BCUT2D eigenvalue weighted by atomic mass is 10.2. The van der Waals surface area contributed by atoms with Crippen LogP contribution < -0.4 is 10.1 Å². The number of pyridine rings is 1. The summed E-state index contributed by atoms with van der Waals surface area (Å²) >= 11 is 0. The van der Waals surface area contributed by atoms with Gasteiger partial charge in [0.15, 0.2) is 0 Å². The minimum Gasteiger partial charge on any atom is -0.473 e. The second-order valence-electron chi connectivity index (χ2n) is 3.34. The van der Waals surface area contributed by atoms with Crippen LogP contribution in [0.4, 0.5) is 13.2 Å². The number of rotatable bonds is 4. The summed E-state index contributed by atoms with van der Waals surface area (Å²) in [5.41, 5.74) is -0.849. The predicted octanol–water partition coefficient (Wildman–Crippen LogP) is 2.09. The van der Waals surface area contributed by atoms with Gasteiger partial charge in [-0.15, -0.1) is 0 Å². The Morgan fingerprint density at radius 3 is 2.75 bits per heavy atom. The van der Waals surface area contributed by atoms with E-state index in [2.05, 4.69) is 10.3 Å². The van der Waals surface area contributed by atoms with Gasteiger partial charge in [0.1, 0.15) is 11.7 Å². The van der Waals surface area contributed by atoms with Gasteiger partial charge in [0.25, 0.3) is 0 Å². The second-order valence-corrected chi connectivity index (χ2v) is 3.34. The molecule has 16 heavy (non-hydrogen) atoms. The van der Waals surface area contributed by atoms with E-state index in [9.17, 15) is 13.2 Å². The molecular formula is C10H13F3N2O. The van der Waals surface area contributed by atoms with Gasteiger partial charge in [0.05, 0.1) is 0 Å². The van der Waals surface area contributed by atoms with E-state index in [-0.39, 0.29) is 12.0 Å². The summed E-state index contributed by atoms with van der Waals surface area (Å²) in [7, 11) is 1.70. The lowest BCUT2D eigenvalue weighted by Crippen LogP contribution is -2.27. The van der Waals surface area contributed by atoms with Crippen molar-refractivity contribution in [3.63, 3.8) is 0 Å². The van der Waals surface area contributed by atoms with Gasteiger partial charge in [0.2, 0.25) is 5.88 Å². The predicted molar refractivity (Wildman–Crippen MR) is 53.3 cm³/mol.